The van der Waals surface area contributed by atoms with Crippen molar-refractivity contribution in [3.8, 4) is 5.75 Å². The Bertz CT molecular complexity index is 1530. The van der Waals surface area contributed by atoms with Crippen molar-refractivity contribution in [1.82, 2.24) is 24.1 Å². The first-order chi connectivity index (χ1) is 17.4. The third-order valence-corrected chi connectivity index (χ3v) is 7.23. The lowest BCUT2D eigenvalue weighted by Crippen LogP contribution is -2.32. The van der Waals surface area contributed by atoms with Crippen LogP contribution in [-0.2, 0) is 11.2 Å². The van der Waals surface area contributed by atoms with Crippen LogP contribution in [-0.4, -0.2) is 61.4 Å². The summed E-state index contributed by atoms with van der Waals surface area (Å²) in [6.07, 6.45) is 7.32. The normalized spacial score (nSPS) is 18.3. The van der Waals surface area contributed by atoms with Gasteiger partial charge in [0, 0.05) is 37.2 Å². The SMILES string of the molecule is O=C(O)CN1CCC(n2nc(Cc3cn4cc(OCC5CC5)c(Cl)cc4n3)c3ccccc3c2=O)C1. The average Bonchev–Trinajstić information content (AvgIpc) is 3.44. The Morgan fingerprint density at radius 1 is 1.17 bits per heavy atom. The number of imidazole rings is 1. The number of likely N-dealkylation sites (tertiary alicyclic amines) is 1. The van der Waals surface area contributed by atoms with Gasteiger partial charge >= 0.3 is 5.97 Å². The van der Waals surface area contributed by atoms with Crippen LogP contribution in [0.2, 0.25) is 5.02 Å². The van der Waals surface area contributed by atoms with E-state index in [0.29, 0.717) is 60.3 Å². The molecule has 2 fully saturated rings. The van der Waals surface area contributed by atoms with E-state index in [4.69, 9.17) is 31.5 Å². The number of benzene rings is 1. The Hall–Kier alpha value is -3.43. The Morgan fingerprint density at radius 3 is 2.75 bits per heavy atom. The van der Waals surface area contributed by atoms with Gasteiger partial charge in [-0.1, -0.05) is 29.8 Å². The van der Waals surface area contributed by atoms with Gasteiger partial charge < -0.3 is 14.2 Å². The predicted molar refractivity (Wildman–Crippen MR) is 135 cm³/mol. The Morgan fingerprint density at radius 2 is 1.97 bits per heavy atom. The molecule has 10 heteroatoms. The number of aromatic nitrogens is 4. The molecule has 3 aromatic heterocycles. The number of fused-ring (bicyclic) bond motifs is 2. The van der Waals surface area contributed by atoms with Gasteiger partial charge in [0.25, 0.3) is 5.56 Å². The molecule has 2 aliphatic rings. The van der Waals surface area contributed by atoms with Crippen molar-refractivity contribution < 1.29 is 14.6 Å². The zero-order valence-electron chi connectivity index (χ0n) is 19.6. The number of carboxylic acid groups (broad SMARTS) is 1. The lowest BCUT2D eigenvalue weighted by atomic mass is 10.1. The zero-order valence-corrected chi connectivity index (χ0v) is 20.4. The van der Waals surface area contributed by atoms with Crippen LogP contribution in [0, 0.1) is 5.92 Å². The van der Waals surface area contributed by atoms with Crippen LogP contribution in [0.5, 0.6) is 5.75 Å². The summed E-state index contributed by atoms with van der Waals surface area (Å²) < 4.78 is 9.34. The van der Waals surface area contributed by atoms with E-state index in [0.717, 1.165) is 16.8 Å². The second kappa shape index (κ2) is 9.22. The van der Waals surface area contributed by atoms with Crippen molar-refractivity contribution in [2.75, 3.05) is 26.2 Å². The molecule has 1 atom stereocenters. The summed E-state index contributed by atoms with van der Waals surface area (Å²) in [5.41, 5.74) is 2.11. The topological polar surface area (TPSA) is 102 Å². The number of hydrogen-bond acceptors (Lipinski definition) is 6. The highest BCUT2D eigenvalue weighted by Crippen LogP contribution is 2.32. The molecular formula is C26H26ClN5O4. The van der Waals surface area contributed by atoms with Crippen LogP contribution in [0.1, 0.15) is 36.7 Å². The van der Waals surface area contributed by atoms with Gasteiger partial charge in [0.15, 0.2) is 5.75 Å². The van der Waals surface area contributed by atoms with E-state index in [1.165, 1.54) is 17.5 Å². The number of carboxylic acids is 1. The Balaban J connectivity index is 1.33. The van der Waals surface area contributed by atoms with Crippen LogP contribution in [0.25, 0.3) is 16.4 Å². The number of halogens is 1. The lowest BCUT2D eigenvalue weighted by molar-refractivity contribution is -0.138. The molecule has 36 heavy (non-hydrogen) atoms. The Labute approximate surface area is 211 Å². The van der Waals surface area contributed by atoms with Crippen molar-refractivity contribution in [2.45, 2.75) is 31.7 Å². The number of aliphatic carboxylic acids is 1. The van der Waals surface area contributed by atoms with E-state index in [1.54, 1.807) is 6.07 Å². The first-order valence-corrected chi connectivity index (χ1v) is 12.6. The molecule has 4 heterocycles. The number of rotatable bonds is 8. The highest BCUT2D eigenvalue weighted by Gasteiger charge is 2.28. The van der Waals surface area contributed by atoms with Crippen LogP contribution in [0.15, 0.2) is 47.5 Å². The van der Waals surface area contributed by atoms with Crippen molar-refractivity contribution in [1.29, 1.82) is 0 Å². The first kappa shape index (κ1) is 23.0. The fourth-order valence-corrected chi connectivity index (χ4v) is 5.10. The van der Waals surface area contributed by atoms with Gasteiger partial charge in [-0.15, -0.1) is 0 Å². The fourth-order valence-electron chi connectivity index (χ4n) is 4.90. The van der Waals surface area contributed by atoms with Crippen LogP contribution >= 0.6 is 11.6 Å². The first-order valence-electron chi connectivity index (χ1n) is 12.2. The molecule has 0 radical (unpaired) electrons. The molecule has 1 saturated heterocycles. The molecule has 1 aromatic carbocycles. The van der Waals surface area contributed by atoms with E-state index in [2.05, 4.69) is 0 Å². The molecule has 186 valence electrons. The summed E-state index contributed by atoms with van der Waals surface area (Å²) in [6.45, 7) is 1.73. The van der Waals surface area contributed by atoms with E-state index < -0.39 is 5.97 Å². The minimum Gasteiger partial charge on any atom is -0.490 e. The third kappa shape index (κ3) is 4.56. The molecule has 0 spiro atoms. The van der Waals surface area contributed by atoms with E-state index in [9.17, 15) is 9.59 Å². The molecule has 1 aliphatic carbocycles. The van der Waals surface area contributed by atoms with Crippen molar-refractivity contribution in [2.24, 2.45) is 5.92 Å². The van der Waals surface area contributed by atoms with Gasteiger partial charge in [-0.05, 0) is 31.2 Å². The van der Waals surface area contributed by atoms with Gasteiger partial charge in [0.1, 0.15) is 5.65 Å². The summed E-state index contributed by atoms with van der Waals surface area (Å²) in [6, 6.07) is 9.09. The maximum Gasteiger partial charge on any atom is 0.317 e. The summed E-state index contributed by atoms with van der Waals surface area (Å²) in [7, 11) is 0. The number of pyridine rings is 1. The fraction of sp³-hybridized carbons (Fsp3) is 0.385. The van der Waals surface area contributed by atoms with Gasteiger partial charge in [-0.2, -0.15) is 5.10 Å². The van der Waals surface area contributed by atoms with Gasteiger partial charge in [0.2, 0.25) is 0 Å². The maximum absolute atomic E-state index is 13.3. The molecule has 1 saturated carbocycles. The molecule has 1 unspecified atom stereocenters. The monoisotopic (exact) mass is 507 g/mol. The molecular weight excluding hydrogens is 482 g/mol. The van der Waals surface area contributed by atoms with Crippen LogP contribution < -0.4 is 10.3 Å². The van der Waals surface area contributed by atoms with Gasteiger partial charge in [-0.3, -0.25) is 14.5 Å². The molecule has 4 aromatic rings. The highest BCUT2D eigenvalue weighted by molar-refractivity contribution is 6.32. The predicted octanol–water partition coefficient (Wildman–Crippen LogP) is 3.41. The number of hydrogen-bond donors (Lipinski definition) is 1. The standard InChI is InChI=1S/C26H26ClN5O4/c27-21-10-24-28-17(11-31(24)13-23(21)36-15-16-5-6-16)9-22-19-3-1-2-4-20(19)26(35)32(29-22)18-7-8-30(12-18)14-25(33)34/h1-4,10-11,13,16,18H,5-9,12,14-15H2,(H,33,34). The lowest BCUT2D eigenvalue weighted by Gasteiger charge is -2.17. The molecule has 6 rings (SSSR count). The summed E-state index contributed by atoms with van der Waals surface area (Å²) in [5, 5.41) is 15.8. The minimum absolute atomic E-state index is 0.0398. The molecule has 9 nitrogen and oxygen atoms in total. The van der Waals surface area contributed by atoms with E-state index >= 15 is 0 Å². The van der Waals surface area contributed by atoms with Gasteiger partial charge in [-0.25, -0.2) is 9.67 Å². The highest BCUT2D eigenvalue weighted by atomic mass is 35.5. The van der Waals surface area contributed by atoms with Crippen molar-refractivity contribution in [3.05, 3.63) is 69.5 Å². The molecule has 0 bridgehead atoms. The molecule has 0 amide bonds. The van der Waals surface area contributed by atoms with Gasteiger partial charge in [0.05, 0.1) is 47.2 Å². The third-order valence-electron chi connectivity index (χ3n) is 6.94. The van der Waals surface area contributed by atoms with Crippen LogP contribution in [0.3, 0.4) is 0 Å². The zero-order chi connectivity index (χ0) is 24.8. The molecule has 1 N–H and O–H groups in total. The molecule has 1 aliphatic heterocycles. The number of nitrogens with zero attached hydrogens (tertiary/aromatic N) is 5. The summed E-state index contributed by atoms with van der Waals surface area (Å²) >= 11 is 6.44. The largest absolute Gasteiger partial charge is 0.490 e. The summed E-state index contributed by atoms with van der Waals surface area (Å²) in [5.74, 6) is 0.397. The number of ether oxygens (including phenoxy) is 1. The quantitative estimate of drug-likeness (QED) is 0.390. The van der Waals surface area contributed by atoms with E-state index in [-0.39, 0.29) is 18.1 Å². The maximum atomic E-state index is 13.3. The van der Waals surface area contributed by atoms with Crippen molar-refractivity contribution >= 4 is 34.0 Å². The Kier molecular flexibility index (Phi) is 5.89. The minimum atomic E-state index is -0.872. The average molecular weight is 508 g/mol. The van der Waals surface area contributed by atoms with E-state index in [1.807, 2.05) is 46.0 Å². The second-order valence-corrected chi connectivity index (χ2v) is 10.1. The summed E-state index contributed by atoms with van der Waals surface area (Å²) in [4.78, 5) is 31.0. The smallest absolute Gasteiger partial charge is 0.317 e. The second-order valence-electron chi connectivity index (χ2n) is 9.73. The number of carbonyl (C=O) groups is 1. The van der Waals surface area contributed by atoms with Crippen molar-refractivity contribution in [3.63, 3.8) is 0 Å². The van der Waals surface area contributed by atoms with Crippen LogP contribution in [0.4, 0.5) is 0 Å².